The molecule has 8 heteroatoms. The second kappa shape index (κ2) is 9.18. The number of benzene rings is 2. The molecule has 1 heterocycles. The fraction of sp³-hybridized carbons (Fsp3) is 0.304. The van der Waals surface area contributed by atoms with Crippen LogP contribution in [0.5, 0.6) is 11.5 Å². The van der Waals surface area contributed by atoms with Crippen LogP contribution in [0.3, 0.4) is 0 Å². The van der Waals surface area contributed by atoms with Gasteiger partial charge in [-0.1, -0.05) is 18.2 Å². The normalized spacial score (nSPS) is 18.0. The van der Waals surface area contributed by atoms with E-state index in [2.05, 4.69) is 0 Å². The molecule has 2 aromatic rings. The van der Waals surface area contributed by atoms with Crippen molar-refractivity contribution in [2.45, 2.75) is 6.04 Å². The van der Waals surface area contributed by atoms with Gasteiger partial charge in [-0.2, -0.15) is 0 Å². The van der Waals surface area contributed by atoms with Gasteiger partial charge in [-0.25, -0.2) is 4.39 Å². The number of methoxy groups -OCH3 is 2. The first-order valence-corrected chi connectivity index (χ1v) is 9.70. The van der Waals surface area contributed by atoms with Gasteiger partial charge in [-0.05, 0) is 32.3 Å². The number of ketones is 1. The first-order valence-electron chi connectivity index (χ1n) is 9.70. The molecule has 1 N–H and O–H groups in total. The summed E-state index contributed by atoms with van der Waals surface area (Å²) in [5.41, 5.74) is 0.155. The SMILES string of the molecule is COc1ccc(C(O)=C2C(=O)C(=O)N(CCN(C)C)[C@H]2c2ccccc2F)c(OC)c1. The number of nitrogens with zero attached hydrogens (tertiary/aromatic N) is 2. The van der Waals surface area contributed by atoms with Crippen molar-refractivity contribution in [1.29, 1.82) is 0 Å². The Morgan fingerprint density at radius 2 is 1.84 bits per heavy atom. The lowest BCUT2D eigenvalue weighted by molar-refractivity contribution is -0.140. The standard InChI is InChI=1S/C23H25FN2O5/c1-25(2)11-12-26-20(15-7-5-6-8-17(15)24)19(22(28)23(26)29)21(27)16-10-9-14(30-3)13-18(16)31-4/h5-10,13,20,27H,11-12H2,1-4H3/t20-/m0/s1. The Bertz CT molecular complexity index is 1030. The summed E-state index contributed by atoms with van der Waals surface area (Å²) in [5, 5.41) is 11.1. The Morgan fingerprint density at radius 3 is 2.45 bits per heavy atom. The third-order valence-electron chi connectivity index (χ3n) is 5.19. The molecule has 3 rings (SSSR count). The lowest BCUT2D eigenvalue weighted by atomic mass is 9.94. The number of halogens is 1. The van der Waals surface area contributed by atoms with Gasteiger partial charge in [0.25, 0.3) is 11.7 Å². The zero-order chi connectivity index (χ0) is 22.7. The maximum absolute atomic E-state index is 14.7. The lowest BCUT2D eigenvalue weighted by Crippen LogP contribution is -2.35. The maximum atomic E-state index is 14.7. The Kier molecular flexibility index (Phi) is 6.60. The Labute approximate surface area is 180 Å². The number of Topliss-reactive ketones (excluding diaryl/α,β-unsaturated/α-hetero) is 1. The molecule has 0 aliphatic carbocycles. The second-order valence-corrected chi connectivity index (χ2v) is 7.38. The molecule has 7 nitrogen and oxygen atoms in total. The van der Waals surface area contributed by atoms with Crippen LogP contribution in [0.1, 0.15) is 17.2 Å². The van der Waals surface area contributed by atoms with Crippen molar-refractivity contribution in [2.24, 2.45) is 0 Å². The molecule has 1 saturated heterocycles. The predicted octanol–water partition coefficient (Wildman–Crippen LogP) is 2.83. The van der Waals surface area contributed by atoms with Gasteiger partial charge in [0, 0.05) is 24.7 Å². The number of carbonyl (C=O) groups excluding carboxylic acids is 2. The molecular formula is C23H25FN2O5. The number of carbonyl (C=O) groups is 2. The van der Waals surface area contributed by atoms with Gasteiger partial charge in [0.15, 0.2) is 0 Å². The molecule has 0 spiro atoms. The predicted molar refractivity (Wildman–Crippen MR) is 114 cm³/mol. The van der Waals surface area contributed by atoms with E-state index in [1.165, 1.54) is 43.4 Å². The molecule has 0 aromatic heterocycles. The first-order chi connectivity index (χ1) is 14.8. The molecule has 1 aliphatic heterocycles. The number of likely N-dealkylation sites (N-methyl/N-ethyl adjacent to an activating group) is 1. The lowest BCUT2D eigenvalue weighted by Gasteiger charge is -2.27. The van der Waals surface area contributed by atoms with Crippen molar-refractivity contribution in [2.75, 3.05) is 41.4 Å². The number of amides is 1. The highest BCUT2D eigenvalue weighted by molar-refractivity contribution is 6.46. The number of aliphatic hydroxyl groups excluding tert-OH is 1. The fourth-order valence-electron chi connectivity index (χ4n) is 3.58. The van der Waals surface area contributed by atoms with Gasteiger partial charge in [0.1, 0.15) is 23.1 Å². The number of likely N-dealkylation sites (tertiary alicyclic amines) is 1. The quantitative estimate of drug-likeness (QED) is 0.415. The van der Waals surface area contributed by atoms with E-state index in [-0.39, 0.29) is 29.0 Å². The minimum atomic E-state index is -1.06. The first kappa shape index (κ1) is 22.3. The van der Waals surface area contributed by atoms with Crippen LogP contribution in [-0.2, 0) is 9.59 Å². The van der Waals surface area contributed by atoms with Crippen LogP contribution in [0, 0.1) is 5.82 Å². The topological polar surface area (TPSA) is 79.3 Å². The summed E-state index contributed by atoms with van der Waals surface area (Å²) in [6, 6.07) is 9.53. The molecular weight excluding hydrogens is 403 g/mol. The van der Waals surface area contributed by atoms with Crippen LogP contribution >= 0.6 is 0 Å². The third-order valence-corrected chi connectivity index (χ3v) is 5.19. The molecule has 1 aliphatic rings. The zero-order valence-electron chi connectivity index (χ0n) is 17.9. The molecule has 0 saturated carbocycles. The number of hydrogen-bond donors (Lipinski definition) is 1. The molecule has 1 atom stereocenters. The number of ether oxygens (including phenoxy) is 2. The highest BCUT2D eigenvalue weighted by atomic mass is 19.1. The Hall–Kier alpha value is -3.39. The van der Waals surface area contributed by atoms with E-state index in [4.69, 9.17) is 9.47 Å². The summed E-state index contributed by atoms with van der Waals surface area (Å²) in [4.78, 5) is 29.0. The van der Waals surface area contributed by atoms with Gasteiger partial charge in [0.05, 0.1) is 31.4 Å². The van der Waals surface area contributed by atoms with Crippen molar-refractivity contribution in [3.8, 4) is 11.5 Å². The van der Waals surface area contributed by atoms with E-state index in [0.717, 1.165) is 0 Å². The van der Waals surface area contributed by atoms with Crippen LogP contribution < -0.4 is 9.47 Å². The molecule has 1 fully saturated rings. The molecule has 164 valence electrons. The average Bonchev–Trinajstić information content (AvgIpc) is 3.01. The molecule has 2 aromatic carbocycles. The largest absolute Gasteiger partial charge is 0.507 e. The van der Waals surface area contributed by atoms with Crippen molar-refractivity contribution < 1.29 is 28.6 Å². The van der Waals surface area contributed by atoms with E-state index < -0.39 is 29.3 Å². The van der Waals surface area contributed by atoms with E-state index in [1.54, 1.807) is 18.2 Å². The summed E-state index contributed by atoms with van der Waals surface area (Å²) < 4.78 is 25.3. The zero-order valence-corrected chi connectivity index (χ0v) is 17.9. The number of aliphatic hydroxyl groups is 1. The third kappa shape index (κ3) is 4.25. The highest BCUT2D eigenvalue weighted by Crippen LogP contribution is 2.42. The summed E-state index contributed by atoms with van der Waals surface area (Å²) in [5.74, 6) is -1.92. The monoisotopic (exact) mass is 428 g/mol. The summed E-state index contributed by atoms with van der Waals surface area (Å²) >= 11 is 0. The maximum Gasteiger partial charge on any atom is 0.295 e. The fourth-order valence-corrected chi connectivity index (χ4v) is 3.58. The molecule has 0 unspecified atom stereocenters. The van der Waals surface area contributed by atoms with E-state index in [1.807, 2.05) is 19.0 Å². The number of hydrogen-bond acceptors (Lipinski definition) is 6. The van der Waals surface area contributed by atoms with Crippen molar-refractivity contribution in [3.05, 3.63) is 65.0 Å². The minimum Gasteiger partial charge on any atom is -0.507 e. The summed E-state index contributed by atoms with van der Waals surface area (Å²) in [7, 11) is 6.56. The van der Waals surface area contributed by atoms with E-state index >= 15 is 0 Å². The average molecular weight is 428 g/mol. The summed E-state index contributed by atoms with van der Waals surface area (Å²) in [6.07, 6.45) is 0. The molecule has 0 bridgehead atoms. The second-order valence-electron chi connectivity index (χ2n) is 7.38. The van der Waals surface area contributed by atoms with Crippen LogP contribution in [0.2, 0.25) is 0 Å². The molecule has 0 radical (unpaired) electrons. The van der Waals surface area contributed by atoms with Crippen LogP contribution in [0.15, 0.2) is 48.0 Å². The van der Waals surface area contributed by atoms with Crippen molar-refractivity contribution in [3.63, 3.8) is 0 Å². The van der Waals surface area contributed by atoms with Gasteiger partial charge < -0.3 is 24.4 Å². The minimum absolute atomic E-state index is 0.134. The van der Waals surface area contributed by atoms with Crippen LogP contribution in [0.25, 0.3) is 5.76 Å². The Morgan fingerprint density at radius 1 is 1.13 bits per heavy atom. The van der Waals surface area contributed by atoms with Gasteiger partial charge in [-0.15, -0.1) is 0 Å². The van der Waals surface area contributed by atoms with Crippen molar-refractivity contribution in [1.82, 2.24) is 9.80 Å². The van der Waals surface area contributed by atoms with E-state index in [0.29, 0.717) is 12.3 Å². The highest BCUT2D eigenvalue weighted by Gasteiger charge is 2.47. The number of rotatable bonds is 7. The Balaban J connectivity index is 2.21. The summed E-state index contributed by atoms with van der Waals surface area (Å²) in [6.45, 7) is 0.650. The van der Waals surface area contributed by atoms with Crippen molar-refractivity contribution >= 4 is 17.4 Å². The van der Waals surface area contributed by atoms with Gasteiger partial charge in [0.2, 0.25) is 0 Å². The van der Waals surface area contributed by atoms with Gasteiger partial charge in [-0.3, -0.25) is 9.59 Å². The van der Waals surface area contributed by atoms with E-state index in [9.17, 15) is 19.1 Å². The molecule has 31 heavy (non-hydrogen) atoms. The smallest absolute Gasteiger partial charge is 0.295 e. The van der Waals surface area contributed by atoms with Crippen LogP contribution in [-0.4, -0.2) is 68.0 Å². The van der Waals surface area contributed by atoms with Gasteiger partial charge >= 0.3 is 0 Å². The van der Waals surface area contributed by atoms with Crippen LogP contribution in [0.4, 0.5) is 4.39 Å². The molecule has 1 amide bonds.